The van der Waals surface area contributed by atoms with E-state index < -0.39 is 29.9 Å². The van der Waals surface area contributed by atoms with Crippen molar-refractivity contribution in [2.75, 3.05) is 12.0 Å². The molecule has 0 atom stereocenters. The van der Waals surface area contributed by atoms with Crippen molar-refractivity contribution in [3.63, 3.8) is 0 Å². The van der Waals surface area contributed by atoms with Gasteiger partial charge in [-0.1, -0.05) is 67.4 Å². The van der Waals surface area contributed by atoms with Crippen molar-refractivity contribution in [1.82, 2.24) is 20.5 Å². The van der Waals surface area contributed by atoms with E-state index in [1.807, 2.05) is 36.0 Å². The number of nitrogens with one attached hydrogen (secondary N) is 3. The number of oxime groups is 1. The minimum absolute atomic E-state index is 0.300. The summed E-state index contributed by atoms with van der Waals surface area (Å²) in [4.78, 5) is 58.7. The maximum Gasteiger partial charge on any atom is 0.330 e. The van der Waals surface area contributed by atoms with Gasteiger partial charge in [-0.3, -0.25) is 35.5 Å². The van der Waals surface area contributed by atoms with Crippen LogP contribution >= 0.6 is 0 Å². The molecule has 1 aromatic heterocycles. The number of aryl methyl sites for hydroxylation is 1. The van der Waals surface area contributed by atoms with Crippen molar-refractivity contribution >= 4 is 34.8 Å². The first-order valence-electron chi connectivity index (χ1n) is 11.1. The van der Waals surface area contributed by atoms with E-state index in [4.69, 9.17) is 4.84 Å². The van der Waals surface area contributed by atoms with Gasteiger partial charge in [-0.15, -0.1) is 0 Å². The van der Waals surface area contributed by atoms with Gasteiger partial charge in [0.2, 0.25) is 0 Å². The summed E-state index contributed by atoms with van der Waals surface area (Å²) in [5, 5.41) is 3.95. The van der Waals surface area contributed by atoms with E-state index in [-0.39, 0.29) is 0 Å². The van der Waals surface area contributed by atoms with Gasteiger partial charge in [0.15, 0.2) is 6.61 Å². The zero-order valence-corrected chi connectivity index (χ0v) is 19.2. The summed E-state index contributed by atoms with van der Waals surface area (Å²) in [6, 6.07) is 15.8. The fraction of sp³-hybridized carbons (Fsp3) is 0.250. The van der Waals surface area contributed by atoms with Gasteiger partial charge in [0, 0.05) is 6.42 Å². The molecule has 0 bridgehead atoms. The molecule has 0 aliphatic carbocycles. The predicted octanol–water partition coefficient (Wildman–Crippen LogP) is 1.40. The molecule has 3 aromatic rings. The second kappa shape index (κ2) is 12.6. The van der Waals surface area contributed by atoms with Crippen LogP contribution < -0.4 is 21.8 Å². The van der Waals surface area contributed by atoms with Crippen molar-refractivity contribution in [3.8, 4) is 0 Å². The molecular formula is C24H26N6O5. The molecule has 0 unspecified atom stereocenters. The van der Waals surface area contributed by atoms with Crippen LogP contribution in [0.5, 0.6) is 0 Å². The van der Waals surface area contributed by atoms with Crippen LogP contribution in [0.2, 0.25) is 0 Å². The van der Waals surface area contributed by atoms with Gasteiger partial charge in [-0.05, 0) is 24.1 Å². The van der Waals surface area contributed by atoms with Crippen molar-refractivity contribution in [2.45, 2.75) is 32.6 Å². The number of benzene rings is 2. The Labute approximate surface area is 201 Å². The summed E-state index contributed by atoms with van der Waals surface area (Å²) in [6.45, 7) is 1.56. The molecular weight excluding hydrogens is 452 g/mol. The lowest BCUT2D eigenvalue weighted by molar-refractivity contribution is -0.139. The number of hydrazine groups is 1. The molecule has 0 fully saturated rings. The van der Waals surface area contributed by atoms with E-state index in [2.05, 4.69) is 15.6 Å². The van der Waals surface area contributed by atoms with Crippen LogP contribution in [0.3, 0.4) is 0 Å². The Bertz CT molecular complexity index is 1270. The summed E-state index contributed by atoms with van der Waals surface area (Å²) < 4.78 is 0.975. The summed E-state index contributed by atoms with van der Waals surface area (Å²) in [5.41, 5.74) is 7.08. The number of fused-ring (bicyclic) bond motifs is 1. The Kier molecular flexibility index (Phi) is 9.06. The highest BCUT2D eigenvalue weighted by atomic mass is 16.6. The molecule has 2 aromatic carbocycles. The normalized spacial score (nSPS) is 10.8. The molecule has 3 amide bonds. The summed E-state index contributed by atoms with van der Waals surface area (Å²) in [5.74, 6) is -2.73. The van der Waals surface area contributed by atoms with Crippen LogP contribution in [0, 0.1) is 0 Å². The molecule has 11 heteroatoms. The highest BCUT2D eigenvalue weighted by Gasteiger charge is 2.19. The summed E-state index contributed by atoms with van der Waals surface area (Å²) >= 11 is 0. The van der Waals surface area contributed by atoms with E-state index in [1.165, 1.54) is 6.21 Å². The molecule has 182 valence electrons. The summed E-state index contributed by atoms with van der Waals surface area (Å²) in [7, 11) is 0. The van der Waals surface area contributed by atoms with Gasteiger partial charge in [0.05, 0.1) is 17.1 Å². The Morgan fingerprint density at radius 2 is 1.74 bits per heavy atom. The van der Waals surface area contributed by atoms with Crippen molar-refractivity contribution < 1.29 is 19.2 Å². The number of amides is 3. The van der Waals surface area contributed by atoms with Gasteiger partial charge in [-0.25, -0.2) is 9.66 Å². The molecule has 3 rings (SSSR count). The molecule has 11 nitrogen and oxygen atoms in total. The third-order valence-corrected chi connectivity index (χ3v) is 4.86. The van der Waals surface area contributed by atoms with Gasteiger partial charge in [-0.2, -0.15) is 0 Å². The van der Waals surface area contributed by atoms with E-state index in [0.29, 0.717) is 23.1 Å². The molecule has 1 heterocycles. The minimum atomic E-state index is -1.18. The Morgan fingerprint density at radius 3 is 2.51 bits per heavy atom. The van der Waals surface area contributed by atoms with Crippen molar-refractivity contribution in [2.24, 2.45) is 5.16 Å². The van der Waals surface area contributed by atoms with Gasteiger partial charge < -0.3 is 4.84 Å². The average Bonchev–Trinajstić information content (AvgIpc) is 2.88. The molecule has 0 saturated heterocycles. The number of rotatable bonds is 9. The largest absolute Gasteiger partial charge is 0.386 e. The van der Waals surface area contributed by atoms with Crippen LogP contribution in [0.4, 0.5) is 0 Å². The maximum absolute atomic E-state index is 12.9. The molecule has 35 heavy (non-hydrogen) atoms. The number of carbonyl (C=O) groups excluding carboxylic acids is 3. The van der Waals surface area contributed by atoms with Crippen molar-refractivity contribution in [1.29, 1.82) is 0 Å². The number of para-hydroxylation sites is 1. The fourth-order valence-corrected chi connectivity index (χ4v) is 3.10. The van der Waals surface area contributed by atoms with E-state index in [9.17, 15) is 19.2 Å². The van der Waals surface area contributed by atoms with Crippen LogP contribution in [0.25, 0.3) is 10.9 Å². The quantitative estimate of drug-likeness (QED) is 0.184. The lowest BCUT2D eigenvalue weighted by Gasteiger charge is -2.14. The maximum atomic E-state index is 12.9. The average molecular weight is 479 g/mol. The van der Waals surface area contributed by atoms with Crippen LogP contribution in [0.15, 0.2) is 64.5 Å². The SMILES string of the molecule is CCCCCc1nc2ccccc2c(=O)n1NC(=O)C(=O)NNC(=O)CON=Cc1ccccc1. The summed E-state index contributed by atoms with van der Waals surface area (Å²) in [6.07, 6.45) is 4.50. The topological polar surface area (TPSA) is 144 Å². The predicted molar refractivity (Wildman–Crippen MR) is 130 cm³/mol. The number of hydrogen-bond donors (Lipinski definition) is 3. The lowest BCUT2D eigenvalue weighted by atomic mass is 10.2. The monoisotopic (exact) mass is 478 g/mol. The second-order valence-corrected chi connectivity index (χ2v) is 7.50. The number of aromatic nitrogens is 2. The number of nitrogens with zero attached hydrogens (tertiary/aromatic N) is 3. The number of hydrogen-bond acceptors (Lipinski definition) is 7. The molecule has 0 radical (unpaired) electrons. The first-order valence-corrected chi connectivity index (χ1v) is 11.1. The lowest BCUT2D eigenvalue weighted by Crippen LogP contribution is -2.50. The standard InChI is InChI=1S/C24H26N6O5/c1-2-3-5-14-20-26-19-13-9-8-12-18(19)24(34)30(20)29-23(33)22(32)28-27-21(31)16-35-25-15-17-10-6-4-7-11-17/h4,6-13,15H,2-3,5,14,16H2,1H3,(H,27,31)(H,28,32)(H,29,33). The van der Waals surface area contributed by atoms with Crippen LogP contribution in [0.1, 0.15) is 37.6 Å². The van der Waals surface area contributed by atoms with Gasteiger partial charge in [0.1, 0.15) is 5.82 Å². The third kappa shape index (κ3) is 7.22. The second-order valence-electron chi connectivity index (χ2n) is 7.50. The van der Waals surface area contributed by atoms with Crippen LogP contribution in [-0.4, -0.2) is 40.2 Å². The first-order chi connectivity index (χ1) is 17.0. The fourth-order valence-electron chi connectivity index (χ4n) is 3.10. The molecule has 0 saturated carbocycles. The van der Waals surface area contributed by atoms with E-state index in [1.54, 1.807) is 36.4 Å². The van der Waals surface area contributed by atoms with Gasteiger partial charge >= 0.3 is 11.8 Å². The molecule has 0 aliphatic heterocycles. The Balaban J connectivity index is 1.57. The zero-order chi connectivity index (χ0) is 25.0. The molecule has 3 N–H and O–H groups in total. The molecule has 0 spiro atoms. The highest BCUT2D eigenvalue weighted by molar-refractivity contribution is 6.38. The number of carbonyl (C=O) groups is 3. The number of unbranched alkanes of at least 4 members (excludes halogenated alkanes) is 2. The zero-order valence-electron chi connectivity index (χ0n) is 19.2. The Morgan fingerprint density at radius 1 is 1.00 bits per heavy atom. The molecule has 0 aliphatic rings. The smallest absolute Gasteiger partial charge is 0.330 e. The van der Waals surface area contributed by atoms with Crippen LogP contribution in [-0.2, 0) is 25.6 Å². The van der Waals surface area contributed by atoms with Gasteiger partial charge in [0.25, 0.3) is 11.5 Å². The third-order valence-electron chi connectivity index (χ3n) is 4.86. The van der Waals surface area contributed by atoms with E-state index >= 15 is 0 Å². The van der Waals surface area contributed by atoms with E-state index in [0.717, 1.165) is 29.5 Å². The van der Waals surface area contributed by atoms with Crippen molar-refractivity contribution in [3.05, 3.63) is 76.3 Å². The first kappa shape index (κ1) is 25.1. The Hall–Kier alpha value is -4.54. The highest BCUT2D eigenvalue weighted by Crippen LogP contribution is 2.09. The minimum Gasteiger partial charge on any atom is -0.386 e.